The van der Waals surface area contributed by atoms with E-state index in [1.165, 1.54) is 18.2 Å². The van der Waals surface area contributed by atoms with Crippen LogP contribution in [-0.2, 0) is 0 Å². The van der Waals surface area contributed by atoms with E-state index in [-0.39, 0.29) is 22.7 Å². The Labute approximate surface area is 174 Å². The first-order valence-corrected chi connectivity index (χ1v) is 10.2. The fourth-order valence-electron chi connectivity index (χ4n) is 3.05. The van der Waals surface area contributed by atoms with E-state index in [1.54, 1.807) is 11.0 Å². The van der Waals surface area contributed by atoms with Gasteiger partial charge >= 0.3 is 11.5 Å². The molecule has 1 aliphatic rings. The SMILES string of the molecule is C=CCN(CC=C)CCN1CCN(C(=O)Nc2cccc(SC(F)(F)F)c2)CC1. The quantitative estimate of drug-likeness (QED) is 0.474. The fourth-order valence-corrected chi connectivity index (χ4v) is 3.65. The third-order valence-corrected chi connectivity index (χ3v) is 5.21. The van der Waals surface area contributed by atoms with E-state index in [4.69, 9.17) is 0 Å². The smallest absolute Gasteiger partial charge is 0.322 e. The van der Waals surface area contributed by atoms with Crippen molar-refractivity contribution in [3.63, 3.8) is 0 Å². The van der Waals surface area contributed by atoms with E-state index in [2.05, 4.69) is 28.3 Å². The van der Waals surface area contributed by atoms with Crippen LogP contribution in [0.4, 0.5) is 23.7 Å². The molecule has 1 saturated heterocycles. The van der Waals surface area contributed by atoms with Crippen LogP contribution in [0.25, 0.3) is 0 Å². The number of nitrogens with zero attached hydrogens (tertiary/aromatic N) is 3. The summed E-state index contributed by atoms with van der Waals surface area (Å²) in [6, 6.07) is 5.50. The number of carbonyl (C=O) groups is 1. The zero-order valence-electron chi connectivity index (χ0n) is 16.3. The maximum Gasteiger partial charge on any atom is 0.446 e. The minimum absolute atomic E-state index is 0.0451. The number of hydrogen-bond acceptors (Lipinski definition) is 4. The molecule has 0 radical (unpaired) electrons. The lowest BCUT2D eigenvalue weighted by atomic mass is 10.3. The molecule has 1 aliphatic heterocycles. The van der Waals surface area contributed by atoms with Crippen molar-refractivity contribution < 1.29 is 18.0 Å². The van der Waals surface area contributed by atoms with Crippen molar-refractivity contribution in [3.05, 3.63) is 49.6 Å². The maximum absolute atomic E-state index is 12.5. The predicted octanol–water partition coefficient (Wildman–Crippen LogP) is 4.12. The van der Waals surface area contributed by atoms with Gasteiger partial charge in [0.05, 0.1) is 0 Å². The summed E-state index contributed by atoms with van der Waals surface area (Å²) >= 11 is -0.195. The summed E-state index contributed by atoms with van der Waals surface area (Å²) in [5.41, 5.74) is -4.00. The average Bonchev–Trinajstić information content (AvgIpc) is 2.66. The molecule has 1 fully saturated rings. The molecule has 0 unspecified atom stereocenters. The Bertz CT molecular complexity index is 681. The third-order valence-electron chi connectivity index (χ3n) is 4.49. The van der Waals surface area contributed by atoms with Gasteiger partial charge in [-0.15, -0.1) is 13.2 Å². The van der Waals surface area contributed by atoms with Gasteiger partial charge in [0.1, 0.15) is 0 Å². The third kappa shape index (κ3) is 8.51. The van der Waals surface area contributed by atoms with Crippen LogP contribution in [0, 0.1) is 0 Å². The molecule has 2 amide bonds. The number of rotatable bonds is 9. The van der Waals surface area contributed by atoms with Gasteiger partial charge in [-0.3, -0.25) is 9.80 Å². The number of alkyl halides is 3. The van der Waals surface area contributed by atoms with Gasteiger partial charge in [-0.25, -0.2) is 4.79 Å². The number of hydrogen-bond donors (Lipinski definition) is 1. The number of piperazine rings is 1. The van der Waals surface area contributed by atoms with Gasteiger partial charge in [0.15, 0.2) is 0 Å². The standard InChI is InChI=1S/C20H27F3N4OS/c1-3-8-25(9-4-2)10-11-26-12-14-27(15-13-26)19(28)24-17-6-5-7-18(16-17)29-20(21,22)23/h3-7,16H,1-2,8-15H2,(H,24,28). The molecule has 9 heteroatoms. The van der Waals surface area contributed by atoms with Crippen LogP contribution < -0.4 is 5.32 Å². The molecule has 0 atom stereocenters. The van der Waals surface area contributed by atoms with Gasteiger partial charge in [-0.05, 0) is 30.0 Å². The highest BCUT2D eigenvalue weighted by Gasteiger charge is 2.29. The summed E-state index contributed by atoms with van der Waals surface area (Å²) in [6.07, 6.45) is 3.74. The Morgan fingerprint density at radius 2 is 1.83 bits per heavy atom. The monoisotopic (exact) mass is 428 g/mol. The Morgan fingerprint density at radius 1 is 1.17 bits per heavy atom. The van der Waals surface area contributed by atoms with Crippen molar-refractivity contribution in [1.29, 1.82) is 0 Å². The molecule has 0 spiro atoms. The van der Waals surface area contributed by atoms with Crippen LogP contribution in [0.3, 0.4) is 0 Å². The van der Waals surface area contributed by atoms with Gasteiger partial charge in [0.2, 0.25) is 0 Å². The topological polar surface area (TPSA) is 38.8 Å². The second-order valence-electron chi connectivity index (χ2n) is 6.67. The second kappa shape index (κ2) is 11.3. The summed E-state index contributed by atoms with van der Waals surface area (Å²) in [4.78, 5) is 18.7. The van der Waals surface area contributed by atoms with E-state index in [9.17, 15) is 18.0 Å². The van der Waals surface area contributed by atoms with Gasteiger partial charge in [0, 0.05) is 62.9 Å². The first kappa shape index (κ1) is 23.3. The Morgan fingerprint density at radius 3 is 2.41 bits per heavy atom. The van der Waals surface area contributed by atoms with E-state index in [0.717, 1.165) is 39.3 Å². The van der Waals surface area contributed by atoms with Gasteiger partial charge < -0.3 is 10.2 Å². The molecule has 1 heterocycles. The van der Waals surface area contributed by atoms with Crippen molar-refractivity contribution in [2.75, 3.05) is 57.7 Å². The first-order chi connectivity index (χ1) is 13.8. The molecule has 2 rings (SSSR count). The van der Waals surface area contributed by atoms with E-state index >= 15 is 0 Å². The molecule has 160 valence electrons. The van der Waals surface area contributed by atoms with Crippen molar-refractivity contribution in [2.45, 2.75) is 10.4 Å². The lowest BCUT2D eigenvalue weighted by Gasteiger charge is -2.35. The van der Waals surface area contributed by atoms with E-state index < -0.39 is 5.51 Å². The molecular weight excluding hydrogens is 401 g/mol. The number of carbonyl (C=O) groups excluding carboxylic acids is 1. The van der Waals surface area contributed by atoms with Gasteiger partial charge in [0.25, 0.3) is 0 Å². The molecule has 0 aromatic heterocycles. The van der Waals surface area contributed by atoms with Crippen LogP contribution in [0.5, 0.6) is 0 Å². The number of benzene rings is 1. The predicted molar refractivity (Wildman–Crippen MR) is 112 cm³/mol. The lowest BCUT2D eigenvalue weighted by Crippen LogP contribution is -2.51. The minimum atomic E-state index is -4.36. The molecule has 0 saturated carbocycles. The number of nitrogens with one attached hydrogen (secondary N) is 1. The number of anilines is 1. The van der Waals surface area contributed by atoms with E-state index in [0.29, 0.717) is 18.8 Å². The Hall–Kier alpha value is -1.97. The highest BCUT2D eigenvalue weighted by Crippen LogP contribution is 2.37. The molecule has 0 bridgehead atoms. The van der Waals surface area contributed by atoms with Crippen LogP contribution >= 0.6 is 11.8 Å². The summed E-state index contributed by atoms with van der Waals surface area (Å²) in [6.45, 7) is 13.6. The Kier molecular flexibility index (Phi) is 9.06. The molecule has 1 N–H and O–H groups in total. The maximum atomic E-state index is 12.5. The molecule has 1 aromatic carbocycles. The summed E-state index contributed by atoms with van der Waals surface area (Å²) in [7, 11) is 0. The highest BCUT2D eigenvalue weighted by molar-refractivity contribution is 8.00. The number of thioether (sulfide) groups is 1. The summed E-state index contributed by atoms with van der Waals surface area (Å²) in [5.74, 6) is 0. The average molecular weight is 429 g/mol. The molecule has 5 nitrogen and oxygen atoms in total. The molecule has 1 aromatic rings. The zero-order chi connectivity index (χ0) is 21.3. The number of halogens is 3. The summed E-state index contributed by atoms with van der Waals surface area (Å²) in [5, 5.41) is 2.69. The molecule has 0 aliphatic carbocycles. The number of amides is 2. The van der Waals surface area contributed by atoms with E-state index in [1.807, 2.05) is 12.2 Å². The lowest BCUT2D eigenvalue weighted by molar-refractivity contribution is -0.0328. The fraction of sp³-hybridized carbons (Fsp3) is 0.450. The second-order valence-corrected chi connectivity index (χ2v) is 7.81. The van der Waals surface area contributed by atoms with Crippen LogP contribution in [0.15, 0.2) is 54.5 Å². The van der Waals surface area contributed by atoms with Crippen molar-refractivity contribution in [3.8, 4) is 0 Å². The molecular formula is C20H27F3N4OS. The van der Waals surface area contributed by atoms with Crippen LogP contribution in [0.1, 0.15) is 0 Å². The van der Waals surface area contributed by atoms with Gasteiger partial charge in [-0.1, -0.05) is 18.2 Å². The van der Waals surface area contributed by atoms with Crippen molar-refractivity contribution in [1.82, 2.24) is 14.7 Å². The van der Waals surface area contributed by atoms with Gasteiger partial charge in [-0.2, -0.15) is 13.2 Å². The van der Waals surface area contributed by atoms with Crippen LogP contribution in [0.2, 0.25) is 0 Å². The number of urea groups is 1. The summed E-state index contributed by atoms with van der Waals surface area (Å²) < 4.78 is 37.5. The molecule has 29 heavy (non-hydrogen) atoms. The van der Waals surface area contributed by atoms with Crippen molar-refractivity contribution in [2.24, 2.45) is 0 Å². The Balaban J connectivity index is 1.79. The highest BCUT2D eigenvalue weighted by atomic mass is 32.2. The van der Waals surface area contributed by atoms with Crippen molar-refractivity contribution >= 4 is 23.5 Å². The largest absolute Gasteiger partial charge is 0.446 e. The first-order valence-electron chi connectivity index (χ1n) is 9.39. The van der Waals surface area contributed by atoms with Crippen LogP contribution in [-0.4, -0.2) is 78.6 Å². The zero-order valence-corrected chi connectivity index (χ0v) is 17.1. The normalized spacial score (nSPS) is 15.4. The minimum Gasteiger partial charge on any atom is -0.322 e.